The van der Waals surface area contributed by atoms with Gasteiger partial charge in [0.2, 0.25) is 12.7 Å². The van der Waals surface area contributed by atoms with Crippen LogP contribution in [0, 0.1) is 5.92 Å². The summed E-state index contributed by atoms with van der Waals surface area (Å²) in [6.07, 6.45) is 5.07. The molecule has 1 aromatic carbocycles. The van der Waals surface area contributed by atoms with Gasteiger partial charge in [0, 0.05) is 43.5 Å². The lowest BCUT2D eigenvalue weighted by molar-refractivity contribution is -0.131. The third-order valence-corrected chi connectivity index (χ3v) is 6.78. The molecule has 3 aromatic rings. The van der Waals surface area contributed by atoms with Crippen LogP contribution in [-0.2, 0) is 37.3 Å². The topological polar surface area (TPSA) is 98.6 Å². The van der Waals surface area contributed by atoms with Gasteiger partial charge >= 0.3 is 0 Å². The molecule has 0 bridgehead atoms. The number of hydrogen-bond donors (Lipinski definition) is 1. The first-order chi connectivity index (χ1) is 17.1. The number of carbonyl (C=O) groups excluding carboxylic acids is 2. The fourth-order valence-electron chi connectivity index (χ4n) is 4.68. The Labute approximate surface area is 203 Å². The number of amides is 2. The zero-order valence-electron chi connectivity index (χ0n) is 19.4. The molecular weight excluding hydrogens is 446 g/mol. The quantitative estimate of drug-likeness (QED) is 0.566. The summed E-state index contributed by atoms with van der Waals surface area (Å²) >= 11 is 0. The van der Waals surface area contributed by atoms with Gasteiger partial charge in [-0.2, -0.15) is 5.10 Å². The molecule has 2 amide bonds. The van der Waals surface area contributed by atoms with Crippen LogP contribution in [0.3, 0.4) is 0 Å². The van der Waals surface area contributed by atoms with Crippen molar-refractivity contribution in [1.29, 1.82) is 0 Å². The lowest BCUT2D eigenvalue weighted by atomic mass is 10.0. The molecule has 9 heteroatoms. The Balaban J connectivity index is 1.19. The number of nitrogens with zero attached hydrogens (tertiary/aromatic N) is 4. The molecule has 35 heavy (non-hydrogen) atoms. The van der Waals surface area contributed by atoms with Crippen molar-refractivity contribution in [2.45, 2.75) is 45.3 Å². The minimum atomic E-state index is -0.230. The lowest BCUT2D eigenvalue weighted by Gasteiger charge is -2.28. The molecule has 0 saturated heterocycles. The van der Waals surface area contributed by atoms with Crippen LogP contribution >= 0.6 is 0 Å². The van der Waals surface area contributed by atoms with E-state index in [-0.39, 0.29) is 25.0 Å². The summed E-state index contributed by atoms with van der Waals surface area (Å²) in [7, 11) is 0. The van der Waals surface area contributed by atoms with E-state index >= 15 is 0 Å². The van der Waals surface area contributed by atoms with Crippen molar-refractivity contribution in [3.63, 3.8) is 0 Å². The van der Waals surface area contributed by atoms with E-state index < -0.39 is 0 Å². The van der Waals surface area contributed by atoms with Gasteiger partial charge < -0.3 is 19.7 Å². The summed E-state index contributed by atoms with van der Waals surface area (Å²) in [5.41, 5.74) is 4.01. The number of nitrogens with one attached hydrogen (secondary N) is 1. The summed E-state index contributed by atoms with van der Waals surface area (Å²) in [5, 5.41) is 7.67. The normalized spacial score (nSPS) is 16.2. The minimum absolute atomic E-state index is 0.0179. The van der Waals surface area contributed by atoms with E-state index in [2.05, 4.69) is 10.3 Å². The molecule has 2 aromatic heterocycles. The van der Waals surface area contributed by atoms with E-state index in [4.69, 9.17) is 14.6 Å². The third kappa shape index (κ3) is 4.58. The van der Waals surface area contributed by atoms with Crippen LogP contribution in [0.25, 0.3) is 0 Å². The molecule has 9 nitrogen and oxygen atoms in total. The van der Waals surface area contributed by atoms with E-state index in [0.29, 0.717) is 49.2 Å². The first-order valence-corrected chi connectivity index (χ1v) is 12.1. The number of carbonyl (C=O) groups is 2. The van der Waals surface area contributed by atoms with Gasteiger partial charge in [0.15, 0.2) is 17.2 Å². The summed E-state index contributed by atoms with van der Waals surface area (Å²) in [6, 6.07) is 11.2. The number of pyridine rings is 1. The Bertz CT molecular complexity index is 1270. The molecule has 3 aliphatic rings. The molecule has 0 unspecified atom stereocenters. The predicted molar refractivity (Wildman–Crippen MR) is 126 cm³/mol. The number of rotatable bonds is 7. The van der Waals surface area contributed by atoms with Crippen molar-refractivity contribution in [2.75, 3.05) is 13.3 Å². The van der Waals surface area contributed by atoms with Gasteiger partial charge in [-0.3, -0.25) is 19.3 Å². The van der Waals surface area contributed by atoms with Crippen molar-refractivity contribution in [3.8, 4) is 11.5 Å². The van der Waals surface area contributed by atoms with Gasteiger partial charge in [-0.05, 0) is 48.6 Å². The molecule has 0 atom stereocenters. The van der Waals surface area contributed by atoms with Gasteiger partial charge in [-0.1, -0.05) is 12.1 Å². The fourth-order valence-corrected chi connectivity index (χ4v) is 4.68. The van der Waals surface area contributed by atoms with Gasteiger partial charge in [-0.25, -0.2) is 0 Å². The Morgan fingerprint density at radius 1 is 1.11 bits per heavy atom. The molecule has 2 aliphatic heterocycles. The first kappa shape index (κ1) is 21.6. The molecule has 1 aliphatic carbocycles. The Kier molecular flexibility index (Phi) is 5.60. The van der Waals surface area contributed by atoms with Crippen LogP contribution in [-0.4, -0.2) is 44.8 Å². The molecule has 1 saturated carbocycles. The highest BCUT2D eigenvalue weighted by molar-refractivity contribution is 5.94. The van der Waals surface area contributed by atoms with Crippen LogP contribution in [0.2, 0.25) is 0 Å². The summed E-state index contributed by atoms with van der Waals surface area (Å²) in [6.45, 7) is 2.37. The van der Waals surface area contributed by atoms with Crippen molar-refractivity contribution < 1.29 is 19.1 Å². The van der Waals surface area contributed by atoms with Crippen LogP contribution in [0.4, 0.5) is 0 Å². The lowest BCUT2D eigenvalue weighted by Crippen LogP contribution is -2.38. The van der Waals surface area contributed by atoms with Crippen molar-refractivity contribution in [3.05, 3.63) is 70.8 Å². The van der Waals surface area contributed by atoms with Gasteiger partial charge in [0.25, 0.3) is 5.91 Å². The monoisotopic (exact) mass is 473 g/mol. The highest BCUT2D eigenvalue weighted by Gasteiger charge is 2.32. The molecular formula is C26H27N5O4. The second-order valence-electron chi connectivity index (χ2n) is 9.33. The van der Waals surface area contributed by atoms with Crippen LogP contribution < -0.4 is 14.8 Å². The molecule has 0 radical (unpaired) electrons. The molecule has 180 valence electrons. The zero-order valence-corrected chi connectivity index (χ0v) is 19.4. The maximum absolute atomic E-state index is 13.2. The second-order valence-corrected chi connectivity index (χ2v) is 9.33. The molecule has 1 fully saturated rings. The number of fused-ring (bicyclic) bond motifs is 2. The summed E-state index contributed by atoms with van der Waals surface area (Å²) in [5.74, 6) is 1.79. The van der Waals surface area contributed by atoms with Gasteiger partial charge in [0.05, 0.1) is 18.7 Å². The van der Waals surface area contributed by atoms with E-state index in [1.807, 2.05) is 46.0 Å². The van der Waals surface area contributed by atoms with Crippen molar-refractivity contribution >= 4 is 11.8 Å². The molecule has 6 rings (SSSR count). The number of ether oxygens (including phenoxy) is 2. The van der Waals surface area contributed by atoms with Crippen LogP contribution in [0.5, 0.6) is 11.5 Å². The van der Waals surface area contributed by atoms with E-state index in [1.165, 1.54) is 12.8 Å². The van der Waals surface area contributed by atoms with Crippen molar-refractivity contribution in [1.82, 2.24) is 25.0 Å². The van der Waals surface area contributed by atoms with Crippen molar-refractivity contribution in [2.24, 2.45) is 5.92 Å². The number of aromatic nitrogens is 3. The smallest absolute Gasteiger partial charge is 0.272 e. The Morgan fingerprint density at radius 2 is 2.00 bits per heavy atom. The van der Waals surface area contributed by atoms with E-state index in [1.54, 1.807) is 6.20 Å². The molecule has 0 spiro atoms. The Hall–Kier alpha value is -3.88. The summed E-state index contributed by atoms with van der Waals surface area (Å²) < 4.78 is 12.8. The largest absolute Gasteiger partial charge is 0.454 e. The molecule has 4 heterocycles. The number of benzene rings is 1. The van der Waals surface area contributed by atoms with Crippen LogP contribution in [0.15, 0.2) is 42.6 Å². The minimum Gasteiger partial charge on any atom is -0.454 e. The first-order valence-electron chi connectivity index (χ1n) is 12.1. The Morgan fingerprint density at radius 3 is 2.83 bits per heavy atom. The van der Waals surface area contributed by atoms with E-state index in [9.17, 15) is 9.59 Å². The SMILES string of the molecule is O=C(NCc1ccccn1)c1nn(CC2CC2)c2c1CN(C(=O)Cc1ccc3c(c1)OCO3)CC2. The van der Waals surface area contributed by atoms with E-state index in [0.717, 1.165) is 29.1 Å². The zero-order chi connectivity index (χ0) is 23.8. The highest BCUT2D eigenvalue weighted by atomic mass is 16.7. The molecule has 1 N–H and O–H groups in total. The third-order valence-electron chi connectivity index (χ3n) is 6.78. The van der Waals surface area contributed by atoms with Gasteiger partial charge in [0.1, 0.15) is 0 Å². The average Bonchev–Trinajstić information content (AvgIpc) is 3.45. The number of hydrogen-bond acceptors (Lipinski definition) is 6. The fraction of sp³-hybridized carbons (Fsp3) is 0.385. The average molecular weight is 474 g/mol. The van der Waals surface area contributed by atoms with Crippen LogP contribution in [0.1, 0.15) is 45.8 Å². The second kappa shape index (κ2) is 9.05. The van der Waals surface area contributed by atoms with Gasteiger partial charge in [-0.15, -0.1) is 0 Å². The summed E-state index contributed by atoms with van der Waals surface area (Å²) in [4.78, 5) is 32.4. The predicted octanol–water partition coefficient (Wildman–Crippen LogP) is 2.47. The maximum Gasteiger partial charge on any atom is 0.272 e. The standard InChI is InChI=1S/C26H27N5O4/c32-24(12-18-6-7-22-23(11-18)35-16-34-22)30-10-8-21-20(15-30)25(29-31(21)14-17-4-5-17)26(33)28-13-19-3-1-2-9-27-19/h1-3,6-7,9,11,17H,4-5,8,10,12-16H2,(H,28,33). The maximum atomic E-state index is 13.2. The highest BCUT2D eigenvalue weighted by Crippen LogP contribution is 2.34.